The Balaban J connectivity index is 1.62. The molecule has 4 nitrogen and oxygen atoms in total. The van der Waals surface area contributed by atoms with Crippen LogP contribution in [0.15, 0.2) is 103 Å². The average molecular weight is 464 g/mol. The molecule has 0 fully saturated rings. The van der Waals surface area contributed by atoms with Crippen molar-refractivity contribution in [2.24, 2.45) is 0 Å². The van der Waals surface area contributed by atoms with E-state index < -0.39 is 5.92 Å². The summed E-state index contributed by atoms with van der Waals surface area (Å²) in [6.45, 7) is 2.50. The molecular weight excluding hydrogens is 438 g/mol. The molecule has 0 bridgehead atoms. The summed E-state index contributed by atoms with van der Waals surface area (Å²) in [5.41, 5.74) is 4.91. The van der Waals surface area contributed by atoms with Gasteiger partial charge in [0, 0.05) is 6.20 Å². The van der Waals surface area contributed by atoms with Gasteiger partial charge in [-0.05, 0) is 47.4 Å². The SMILES string of the molecule is CCc1ccc2nc(N(Cc3ccccn3)C(=O)C(c3ccccc3)c3ccccc3)sc2c1. The molecule has 168 valence electrons. The summed E-state index contributed by atoms with van der Waals surface area (Å²) in [6.07, 6.45) is 2.72. The number of nitrogens with zero attached hydrogens (tertiary/aromatic N) is 3. The van der Waals surface area contributed by atoms with E-state index in [1.165, 1.54) is 5.56 Å². The van der Waals surface area contributed by atoms with Gasteiger partial charge in [0.05, 0.1) is 28.4 Å². The minimum Gasteiger partial charge on any atom is -0.281 e. The van der Waals surface area contributed by atoms with Crippen LogP contribution in [-0.4, -0.2) is 15.9 Å². The first-order valence-electron chi connectivity index (χ1n) is 11.4. The van der Waals surface area contributed by atoms with Crippen molar-refractivity contribution in [2.75, 3.05) is 4.90 Å². The average Bonchev–Trinajstić information content (AvgIpc) is 3.32. The lowest BCUT2D eigenvalue weighted by atomic mass is 9.90. The topological polar surface area (TPSA) is 46.1 Å². The lowest BCUT2D eigenvalue weighted by Crippen LogP contribution is -2.35. The highest BCUT2D eigenvalue weighted by molar-refractivity contribution is 7.22. The Labute approximate surface area is 203 Å². The predicted octanol–water partition coefficient (Wildman–Crippen LogP) is 6.62. The highest BCUT2D eigenvalue weighted by atomic mass is 32.1. The minimum atomic E-state index is -0.440. The summed E-state index contributed by atoms with van der Waals surface area (Å²) in [6, 6.07) is 32.0. The molecule has 34 heavy (non-hydrogen) atoms. The van der Waals surface area contributed by atoms with Crippen LogP contribution in [0, 0.1) is 0 Å². The Hall–Kier alpha value is -3.83. The molecule has 0 spiro atoms. The predicted molar refractivity (Wildman–Crippen MR) is 139 cm³/mol. The lowest BCUT2D eigenvalue weighted by Gasteiger charge is -2.26. The fraction of sp³-hybridized carbons (Fsp3) is 0.138. The van der Waals surface area contributed by atoms with Crippen LogP contribution >= 0.6 is 11.3 Å². The number of carbonyl (C=O) groups is 1. The molecule has 0 aliphatic rings. The molecule has 5 aromatic rings. The van der Waals surface area contributed by atoms with Gasteiger partial charge in [-0.25, -0.2) is 4.98 Å². The number of aryl methyl sites for hydroxylation is 1. The first-order valence-corrected chi connectivity index (χ1v) is 12.2. The number of anilines is 1. The number of carbonyl (C=O) groups excluding carboxylic acids is 1. The van der Waals surface area contributed by atoms with E-state index in [1.807, 2.05) is 84.9 Å². The molecule has 3 aromatic carbocycles. The third-order valence-electron chi connectivity index (χ3n) is 5.91. The maximum atomic E-state index is 14.3. The highest BCUT2D eigenvalue weighted by Crippen LogP contribution is 2.34. The largest absolute Gasteiger partial charge is 0.281 e. The second-order valence-corrected chi connectivity index (χ2v) is 9.16. The van der Waals surface area contributed by atoms with Crippen molar-refractivity contribution in [3.8, 4) is 0 Å². The van der Waals surface area contributed by atoms with Crippen molar-refractivity contribution in [1.82, 2.24) is 9.97 Å². The van der Waals surface area contributed by atoms with Crippen molar-refractivity contribution in [3.05, 3.63) is 126 Å². The minimum absolute atomic E-state index is 0.0159. The van der Waals surface area contributed by atoms with Gasteiger partial charge in [0.1, 0.15) is 0 Å². The smallest absolute Gasteiger partial charge is 0.241 e. The summed E-state index contributed by atoms with van der Waals surface area (Å²) in [5.74, 6) is -0.456. The molecule has 0 aliphatic carbocycles. The van der Waals surface area contributed by atoms with E-state index in [2.05, 4.69) is 24.0 Å². The Morgan fingerprint density at radius 2 is 1.56 bits per heavy atom. The van der Waals surface area contributed by atoms with Crippen LogP contribution in [0.1, 0.15) is 35.2 Å². The van der Waals surface area contributed by atoms with E-state index in [0.29, 0.717) is 11.7 Å². The van der Waals surface area contributed by atoms with Crippen LogP contribution in [0.5, 0.6) is 0 Å². The molecule has 0 radical (unpaired) electrons. The van der Waals surface area contributed by atoms with E-state index in [9.17, 15) is 4.79 Å². The second-order valence-electron chi connectivity index (χ2n) is 8.15. The van der Waals surface area contributed by atoms with E-state index in [-0.39, 0.29) is 5.91 Å². The molecule has 0 saturated heterocycles. The quantitative estimate of drug-likeness (QED) is 0.272. The highest BCUT2D eigenvalue weighted by Gasteiger charge is 2.30. The van der Waals surface area contributed by atoms with Gasteiger partial charge >= 0.3 is 0 Å². The van der Waals surface area contributed by atoms with Crippen molar-refractivity contribution < 1.29 is 4.79 Å². The van der Waals surface area contributed by atoms with Crippen LogP contribution in [0.4, 0.5) is 5.13 Å². The first-order chi connectivity index (χ1) is 16.7. The zero-order valence-electron chi connectivity index (χ0n) is 19.0. The van der Waals surface area contributed by atoms with Crippen LogP contribution in [0.3, 0.4) is 0 Å². The second kappa shape index (κ2) is 9.98. The number of pyridine rings is 1. The van der Waals surface area contributed by atoms with Gasteiger partial charge in [0.2, 0.25) is 5.91 Å². The fourth-order valence-electron chi connectivity index (χ4n) is 4.11. The molecule has 0 atom stereocenters. The van der Waals surface area contributed by atoms with E-state index in [4.69, 9.17) is 4.98 Å². The molecule has 1 amide bonds. The first kappa shape index (κ1) is 22.0. The zero-order valence-corrected chi connectivity index (χ0v) is 19.8. The number of rotatable bonds is 7. The van der Waals surface area contributed by atoms with Crippen molar-refractivity contribution >= 4 is 32.6 Å². The summed E-state index contributed by atoms with van der Waals surface area (Å²) in [4.78, 5) is 25.5. The van der Waals surface area contributed by atoms with Crippen LogP contribution in [0.2, 0.25) is 0 Å². The normalized spacial score (nSPS) is 11.1. The summed E-state index contributed by atoms with van der Waals surface area (Å²) >= 11 is 1.56. The van der Waals surface area contributed by atoms with Gasteiger partial charge in [-0.2, -0.15) is 0 Å². The van der Waals surface area contributed by atoms with Crippen molar-refractivity contribution in [3.63, 3.8) is 0 Å². The monoisotopic (exact) mass is 463 g/mol. The lowest BCUT2D eigenvalue weighted by molar-refractivity contribution is -0.119. The van der Waals surface area contributed by atoms with Gasteiger partial charge in [-0.1, -0.05) is 91.1 Å². The molecule has 0 saturated carbocycles. The maximum Gasteiger partial charge on any atom is 0.241 e. The van der Waals surface area contributed by atoms with Gasteiger partial charge < -0.3 is 0 Å². The van der Waals surface area contributed by atoms with Gasteiger partial charge in [0.25, 0.3) is 0 Å². The molecule has 0 N–H and O–H groups in total. The van der Waals surface area contributed by atoms with Crippen LogP contribution < -0.4 is 4.90 Å². The van der Waals surface area contributed by atoms with Gasteiger partial charge in [-0.3, -0.25) is 14.7 Å². The molecule has 2 heterocycles. The fourth-order valence-corrected chi connectivity index (χ4v) is 5.14. The number of hydrogen-bond donors (Lipinski definition) is 0. The molecule has 0 unspecified atom stereocenters. The Bertz CT molecular complexity index is 1350. The van der Waals surface area contributed by atoms with Crippen LogP contribution in [-0.2, 0) is 17.8 Å². The number of benzene rings is 3. The summed E-state index contributed by atoms with van der Waals surface area (Å²) in [5, 5.41) is 0.691. The third kappa shape index (κ3) is 4.61. The molecule has 5 rings (SSSR count). The van der Waals surface area contributed by atoms with Crippen molar-refractivity contribution in [1.29, 1.82) is 0 Å². The molecule has 0 aliphatic heterocycles. The maximum absolute atomic E-state index is 14.3. The Morgan fingerprint density at radius 3 is 2.18 bits per heavy atom. The Kier molecular flexibility index (Phi) is 6.45. The standard InChI is InChI=1S/C29H25N3OS/c1-2-21-16-17-25-26(19-21)34-29(31-25)32(20-24-15-9-10-18-30-24)28(33)27(22-11-5-3-6-12-22)23-13-7-4-8-14-23/h3-19,27H,2,20H2,1H3. The third-order valence-corrected chi connectivity index (χ3v) is 6.95. The Morgan fingerprint density at radius 1 is 0.882 bits per heavy atom. The van der Waals surface area contributed by atoms with E-state index in [0.717, 1.165) is 33.5 Å². The summed E-state index contributed by atoms with van der Waals surface area (Å²) < 4.78 is 1.09. The summed E-state index contributed by atoms with van der Waals surface area (Å²) in [7, 11) is 0. The number of hydrogen-bond acceptors (Lipinski definition) is 4. The van der Waals surface area contributed by atoms with Crippen LogP contribution in [0.25, 0.3) is 10.2 Å². The van der Waals surface area contributed by atoms with Crippen molar-refractivity contribution in [2.45, 2.75) is 25.8 Å². The number of amides is 1. The number of fused-ring (bicyclic) bond motifs is 1. The van der Waals surface area contributed by atoms with Gasteiger partial charge in [-0.15, -0.1) is 0 Å². The molecule has 2 aromatic heterocycles. The molecular formula is C29H25N3OS. The van der Waals surface area contributed by atoms with E-state index >= 15 is 0 Å². The van der Waals surface area contributed by atoms with E-state index in [1.54, 1.807) is 22.4 Å². The number of aromatic nitrogens is 2. The van der Waals surface area contributed by atoms with Gasteiger partial charge in [0.15, 0.2) is 5.13 Å². The number of thiazole rings is 1. The zero-order chi connectivity index (χ0) is 23.3. The molecule has 5 heteroatoms.